The molecular weight excluding hydrogens is 306 g/mol. The van der Waals surface area contributed by atoms with Gasteiger partial charge in [-0.2, -0.15) is 0 Å². The molecule has 1 aromatic rings. The fourth-order valence-electron chi connectivity index (χ4n) is 3.15. The number of esters is 1. The normalized spacial score (nSPS) is 15.7. The van der Waals surface area contributed by atoms with Crippen molar-refractivity contribution in [1.82, 2.24) is 5.32 Å². The van der Waals surface area contributed by atoms with Crippen molar-refractivity contribution in [2.75, 3.05) is 14.2 Å². The third-order valence-electron chi connectivity index (χ3n) is 4.53. The molecule has 1 N–H and O–H groups in total. The summed E-state index contributed by atoms with van der Waals surface area (Å²) in [6, 6.07) is 6.18. The zero-order chi connectivity index (χ0) is 17.4. The molecule has 1 amide bonds. The number of benzene rings is 1. The van der Waals surface area contributed by atoms with Crippen molar-refractivity contribution in [1.29, 1.82) is 0 Å². The maximum Gasteiger partial charge on any atom is 0.305 e. The Morgan fingerprint density at radius 3 is 2.58 bits per heavy atom. The minimum atomic E-state index is -0.163. The van der Waals surface area contributed by atoms with Gasteiger partial charge in [-0.1, -0.05) is 18.9 Å². The number of fused-ring (bicyclic) bond motifs is 1. The number of rotatable bonds is 9. The Morgan fingerprint density at radius 2 is 1.88 bits per heavy atom. The van der Waals surface area contributed by atoms with Crippen LogP contribution in [0.1, 0.15) is 62.1 Å². The first kappa shape index (κ1) is 18.3. The first-order valence-corrected chi connectivity index (χ1v) is 8.67. The van der Waals surface area contributed by atoms with Gasteiger partial charge < -0.3 is 14.8 Å². The predicted octanol–water partition coefficient (Wildman–Crippen LogP) is 3.31. The van der Waals surface area contributed by atoms with Gasteiger partial charge in [0.15, 0.2) is 0 Å². The van der Waals surface area contributed by atoms with Crippen LogP contribution in [-0.2, 0) is 20.7 Å². The molecular formula is C19H27NO4. The number of nitrogens with one attached hydrogen (secondary N) is 1. The molecule has 0 aliphatic heterocycles. The molecule has 1 atom stereocenters. The van der Waals surface area contributed by atoms with E-state index < -0.39 is 0 Å². The van der Waals surface area contributed by atoms with E-state index >= 15 is 0 Å². The van der Waals surface area contributed by atoms with Gasteiger partial charge in [-0.25, -0.2) is 0 Å². The number of aryl methyl sites for hydroxylation is 1. The van der Waals surface area contributed by atoms with Gasteiger partial charge in [0.25, 0.3) is 0 Å². The standard InChI is InChI=1S/C19H27NO4/c1-23-15-10-11-16-14(13-15)9-12-17(16)20-18(21)7-5-3-4-6-8-19(22)24-2/h10-11,13,17H,3-9,12H2,1-2H3,(H,20,21). The number of hydrogen-bond donors (Lipinski definition) is 1. The number of carbonyl (C=O) groups excluding carboxylic acids is 2. The van der Waals surface area contributed by atoms with Crippen LogP contribution in [0.3, 0.4) is 0 Å². The van der Waals surface area contributed by atoms with Crippen molar-refractivity contribution in [3.63, 3.8) is 0 Å². The lowest BCUT2D eigenvalue weighted by atomic mass is 10.1. The summed E-state index contributed by atoms with van der Waals surface area (Å²) in [4.78, 5) is 23.1. The van der Waals surface area contributed by atoms with Crippen LogP contribution in [-0.4, -0.2) is 26.1 Å². The quantitative estimate of drug-likeness (QED) is 0.556. The summed E-state index contributed by atoms with van der Waals surface area (Å²) in [7, 11) is 3.07. The molecule has 0 heterocycles. The van der Waals surface area contributed by atoms with E-state index in [0.29, 0.717) is 12.8 Å². The molecule has 1 aliphatic carbocycles. The smallest absolute Gasteiger partial charge is 0.305 e. The number of methoxy groups -OCH3 is 2. The second kappa shape index (κ2) is 9.30. The molecule has 1 aliphatic rings. The molecule has 5 nitrogen and oxygen atoms in total. The number of amides is 1. The Hall–Kier alpha value is -2.04. The molecule has 0 bridgehead atoms. The van der Waals surface area contributed by atoms with Gasteiger partial charge in [0, 0.05) is 12.8 Å². The minimum Gasteiger partial charge on any atom is -0.497 e. The van der Waals surface area contributed by atoms with E-state index in [4.69, 9.17) is 4.74 Å². The SMILES string of the molecule is COC(=O)CCCCCCC(=O)NC1CCc2cc(OC)ccc21. The third-order valence-corrected chi connectivity index (χ3v) is 4.53. The van der Waals surface area contributed by atoms with Gasteiger partial charge in [-0.3, -0.25) is 9.59 Å². The van der Waals surface area contributed by atoms with Crippen LogP contribution in [0.2, 0.25) is 0 Å². The van der Waals surface area contributed by atoms with Crippen molar-refractivity contribution in [2.24, 2.45) is 0 Å². The Morgan fingerprint density at radius 1 is 1.12 bits per heavy atom. The summed E-state index contributed by atoms with van der Waals surface area (Å²) in [5.74, 6) is 0.814. The lowest BCUT2D eigenvalue weighted by Crippen LogP contribution is -2.26. The molecule has 2 rings (SSSR count). The fraction of sp³-hybridized carbons (Fsp3) is 0.579. The van der Waals surface area contributed by atoms with E-state index in [2.05, 4.69) is 22.2 Å². The van der Waals surface area contributed by atoms with Gasteiger partial charge in [-0.15, -0.1) is 0 Å². The zero-order valence-corrected chi connectivity index (χ0v) is 14.6. The average Bonchev–Trinajstić information content (AvgIpc) is 2.99. The van der Waals surface area contributed by atoms with Crippen LogP contribution in [0.25, 0.3) is 0 Å². The van der Waals surface area contributed by atoms with E-state index in [1.165, 1.54) is 18.2 Å². The van der Waals surface area contributed by atoms with Crippen LogP contribution in [0.4, 0.5) is 0 Å². The molecule has 1 unspecified atom stereocenters. The molecule has 0 saturated carbocycles. The highest BCUT2D eigenvalue weighted by atomic mass is 16.5. The number of unbranched alkanes of at least 4 members (excludes halogenated alkanes) is 3. The van der Waals surface area contributed by atoms with Gasteiger partial charge in [-0.05, 0) is 48.9 Å². The highest BCUT2D eigenvalue weighted by Crippen LogP contribution is 2.33. The van der Waals surface area contributed by atoms with Gasteiger partial charge in [0.1, 0.15) is 5.75 Å². The molecule has 0 spiro atoms. The van der Waals surface area contributed by atoms with Gasteiger partial charge >= 0.3 is 5.97 Å². The zero-order valence-electron chi connectivity index (χ0n) is 14.6. The lowest BCUT2D eigenvalue weighted by Gasteiger charge is -2.14. The van der Waals surface area contributed by atoms with Crippen LogP contribution < -0.4 is 10.1 Å². The number of carbonyl (C=O) groups is 2. The summed E-state index contributed by atoms with van der Waals surface area (Å²) in [5, 5.41) is 3.14. The monoisotopic (exact) mass is 333 g/mol. The number of hydrogen-bond acceptors (Lipinski definition) is 4. The van der Waals surface area contributed by atoms with E-state index in [1.807, 2.05) is 6.07 Å². The molecule has 0 fully saturated rings. The summed E-state index contributed by atoms with van der Waals surface area (Å²) in [5.41, 5.74) is 2.48. The highest BCUT2D eigenvalue weighted by molar-refractivity contribution is 5.76. The molecule has 132 valence electrons. The first-order chi connectivity index (χ1) is 11.6. The van der Waals surface area contributed by atoms with E-state index in [9.17, 15) is 9.59 Å². The first-order valence-electron chi connectivity index (χ1n) is 8.67. The van der Waals surface area contributed by atoms with Crippen LogP contribution in [0, 0.1) is 0 Å². The second-order valence-corrected chi connectivity index (χ2v) is 6.21. The maximum atomic E-state index is 12.1. The molecule has 24 heavy (non-hydrogen) atoms. The Labute approximate surface area is 143 Å². The Kier molecular flexibility index (Phi) is 7.09. The van der Waals surface area contributed by atoms with Crippen molar-refractivity contribution in [2.45, 2.75) is 57.4 Å². The average molecular weight is 333 g/mol. The summed E-state index contributed by atoms with van der Waals surface area (Å²) in [6.07, 6.45) is 6.53. The fourth-order valence-corrected chi connectivity index (χ4v) is 3.15. The van der Waals surface area contributed by atoms with E-state index in [0.717, 1.165) is 44.3 Å². The molecule has 0 aromatic heterocycles. The third kappa shape index (κ3) is 5.25. The largest absolute Gasteiger partial charge is 0.497 e. The summed E-state index contributed by atoms with van der Waals surface area (Å²) in [6.45, 7) is 0. The van der Waals surface area contributed by atoms with Crippen molar-refractivity contribution in [3.8, 4) is 5.75 Å². The van der Waals surface area contributed by atoms with E-state index in [1.54, 1.807) is 7.11 Å². The Bertz CT molecular complexity index is 570. The van der Waals surface area contributed by atoms with E-state index in [-0.39, 0.29) is 17.9 Å². The van der Waals surface area contributed by atoms with Gasteiger partial charge in [0.2, 0.25) is 5.91 Å². The van der Waals surface area contributed by atoms with Crippen LogP contribution in [0.15, 0.2) is 18.2 Å². The summed E-state index contributed by atoms with van der Waals surface area (Å²) < 4.78 is 9.85. The van der Waals surface area contributed by atoms with Gasteiger partial charge in [0.05, 0.1) is 20.3 Å². The highest BCUT2D eigenvalue weighted by Gasteiger charge is 2.24. The lowest BCUT2D eigenvalue weighted by molar-refractivity contribution is -0.140. The molecule has 0 radical (unpaired) electrons. The van der Waals surface area contributed by atoms with Crippen molar-refractivity contribution < 1.29 is 19.1 Å². The maximum absolute atomic E-state index is 12.1. The van der Waals surface area contributed by atoms with Crippen molar-refractivity contribution >= 4 is 11.9 Å². The molecule has 1 aromatic carbocycles. The second-order valence-electron chi connectivity index (χ2n) is 6.21. The van der Waals surface area contributed by atoms with Crippen LogP contribution >= 0.6 is 0 Å². The summed E-state index contributed by atoms with van der Waals surface area (Å²) >= 11 is 0. The Balaban J connectivity index is 1.66. The topological polar surface area (TPSA) is 64.6 Å². The minimum absolute atomic E-state index is 0.108. The molecule has 5 heteroatoms. The molecule has 0 saturated heterocycles. The van der Waals surface area contributed by atoms with Crippen LogP contribution in [0.5, 0.6) is 5.75 Å². The predicted molar refractivity (Wildman–Crippen MR) is 91.9 cm³/mol. The number of ether oxygens (including phenoxy) is 2. The van der Waals surface area contributed by atoms with Crippen molar-refractivity contribution in [3.05, 3.63) is 29.3 Å².